The molecule has 0 aliphatic carbocycles. The summed E-state index contributed by atoms with van der Waals surface area (Å²) in [5, 5.41) is 11.0. The van der Waals surface area contributed by atoms with Crippen LogP contribution in [0.25, 0.3) is 0 Å². The molecule has 0 aliphatic heterocycles. The van der Waals surface area contributed by atoms with Crippen LogP contribution in [0, 0.1) is 5.82 Å². The Balaban J connectivity index is 1.76. The number of nitrogens with zero attached hydrogens (tertiary/aromatic N) is 1. The van der Waals surface area contributed by atoms with E-state index in [1.807, 2.05) is 0 Å². The van der Waals surface area contributed by atoms with E-state index in [4.69, 9.17) is 9.84 Å². The fraction of sp³-hybridized carbons (Fsp3) is 0.231. The number of aryl methyl sites for hydroxylation is 1. The zero-order valence-corrected chi connectivity index (χ0v) is 10.8. The van der Waals surface area contributed by atoms with Gasteiger partial charge in [0.15, 0.2) is 5.69 Å². The van der Waals surface area contributed by atoms with E-state index < -0.39 is 5.97 Å². The molecule has 1 heterocycles. The van der Waals surface area contributed by atoms with Crippen LogP contribution in [0.3, 0.4) is 0 Å². The summed E-state index contributed by atoms with van der Waals surface area (Å²) in [4.78, 5) is 14.6. The van der Waals surface area contributed by atoms with E-state index in [1.165, 1.54) is 28.8 Å². The topological polar surface area (TPSA) is 59.4 Å². The zero-order valence-electron chi connectivity index (χ0n) is 10.0. The summed E-state index contributed by atoms with van der Waals surface area (Å²) in [5.41, 5.74) is 0.0750. The molecule has 1 aromatic carbocycles. The van der Waals surface area contributed by atoms with E-state index in [-0.39, 0.29) is 11.5 Å². The standard InChI is InChI=1S/C13H12FNO3S/c14-9-3-1-4-10(7-9)18-6-2-5-12-15-11(8-19-12)13(16)17/h1,3-4,7-8H,2,5-6H2,(H,16,17). The molecular weight excluding hydrogens is 269 g/mol. The molecule has 0 atom stereocenters. The Morgan fingerprint density at radius 3 is 3.00 bits per heavy atom. The first-order valence-corrected chi connectivity index (χ1v) is 6.59. The number of carboxylic acids is 1. The van der Waals surface area contributed by atoms with Gasteiger partial charge >= 0.3 is 5.97 Å². The van der Waals surface area contributed by atoms with Crippen LogP contribution < -0.4 is 4.74 Å². The van der Waals surface area contributed by atoms with E-state index >= 15 is 0 Å². The van der Waals surface area contributed by atoms with Gasteiger partial charge in [0, 0.05) is 17.9 Å². The minimum atomic E-state index is -1.02. The maximum Gasteiger partial charge on any atom is 0.355 e. The molecule has 0 fully saturated rings. The van der Waals surface area contributed by atoms with Gasteiger partial charge in [-0.2, -0.15) is 0 Å². The van der Waals surface area contributed by atoms with Gasteiger partial charge in [-0.15, -0.1) is 11.3 Å². The van der Waals surface area contributed by atoms with Crippen LogP contribution >= 0.6 is 11.3 Å². The third-order valence-corrected chi connectivity index (χ3v) is 3.28. The van der Waals surface area contributed by atoms with Gasteiger partial charge in [-0.25, -0.2) is 14.2 Å². The molecule has 0 aliphatic rings. The van der Waals surface area contributed by atoms with Gasteiger partial charge in [0.25, 0.3) is 0 Å². The summed E-state index contributed by atoms with van der Waals surface area (Å²) in [6.45, 7) is 0.436. The van der Waals surface area contributed by atoms with Gasteiger partial charge in [0.1, 0.15) is 11.6 Å². The maximum absolute atomic E-state index is 12.9. The predicted molar refractivity (Wildman–Crippen MR) is 69.3 cm³/mol. The lowest BCUT2D eigenvalue weighted by molar-refractivity contribution is 0.0691. The average Bonchev–Trinajstić information content (AvgIpc) is 2.84. The normalized spacial score (nSPS) is 10.4. The summed E-state index contributed by atoms with van der Waals surface area (Å²) < 4.78 is 18.3. The number of hydrogen-bond acceptors (Lipinski definition) is 4. The molecule has 0 spiro atoms. The minimum absolute atomic E-state index is 0.0750. The van der Waals surface area contributed by atoms with Gasteiger partial charge in [-0.05, 0) is 18.6 Å². The van der Waals surface area contributed by atoms with Crippen molar-refractivity contribution < 1.29 is 19.0 Å². The number of aromatic nitrogens is 1. The molecule has 0 unspecified atom stereocenters. The highest BCUT2D eigenvalue weighted by Gasteiger charge is 2.08. The molecule has 100 valence electrons. The Hall–Kier alpha value is -1.95. The molecule has 0 bridgehead atoms. The second-order valence-electron chi connectivity index (χ2n) is 3.84. The number of halogens is 1. The molecule has 4 nitrogen and oxygen atoms in total. The number of ether oxygens (including phenoxy) is 1. The monoisotopic (exact) mass is 281 g/mol. The summed E-state index contributed by atoms with van der Waals surface area (Å²) in [5.74, 6) is -0.854. The third-order valence-electron chi connectivity index (χ3n) is 2.37. The molecule has 1 aromatic heterocycles. The van der Waals surface area contributed by atoms with Crippen molar-refractivity contribution in [2.24, 2.45) is 0 Å². The summed E-state index contributed by atoms with van der Waals surface area (Å²) >= 11 is 1.32. The van der Waals surface area contributed by atoms with Crippen molar-refractivity contribution >= 4 is 17.3 Å². The minimum Gasteiger partial charge on any atom is -0.493 e. The summed E-state index contributed by atoms with van der Waals surface area (Å²) in [6, 6.07) is 5.96. The second-order valence-corrected chi connectivity index (χ2v) is 4.78. The van der Waals surface area contributed by atoms with Crippen molar-refractivity contribution in [2.45, 2.75) is 12.8 Å². The Morgan fingerprint density at radius 2 is 2.32 bits per heavy atom. The number of hydrogen-bond donors (Lipinski definition) is 1. The highest BCUT2D eigenvalue weighted by atomic mass is 32.1. The van der Waals surface area contributed by atoms with E-state index in [9.17, 15) is 9.18 Å². The van der Waals surface area contributed by atoms with Gasteiger partial charge in [-0.3, -0.25) is 0 Å². The summed E-state index contributed by atoms with van der Waals surface area (Å²) in [7, 11) is 0. The van der Waals surface area contributed by atoms with Crippen LogP contribution in [-0.4, -0.2) is 22.7 Å². The smallest absolute Gasteiger partial charge is 0.355 e. The van der Waals surface area contributed by atoms with Crippen LogP contribution in [-0.2, 0) is 6.42 Å². The van der Waals surface area contributed by atoms with Gasteiger partial charge in [0.2, 0.25) is 0 Å². The highest BCUT2D eigenvalue weighted by molar-refractivity contribution is 7.09. The van der Waals surface area contributed by atoms with Crippen LogP contribution in [0.5, 0.6) is 5.75 Å². The van der Waals surface area contributed by atoms with Crippen LogP contribution in [0.1, 0.15) is 21.9 Å². The second kappa shape index (κ2) is 6.29. The van der Waals surface area contributed by atoms with Crippen molar-refractivity contribution in [1.29, 1.82) is 0 Å². The van der Waals surface area contributed by atoms with Gasteiger partial charge < -0.3 is 9.84 Å². The fourth-order valence-electron chi connectivity index (χ4n) is 1.49. The lowest BCUT2D eigenvalue weighted by Crippen LogP contribution is -2.00. The number of carbonyl (C=O) groups is 1. The largest absolute Gasteiger partial charge is 0.493 e. The molecule has 0 amide bonds. The highest BCUT2D eigenvalue weighted by Crippen LogP contribution is 2.14. The van der Waals surface area contributed by atoms with E-state index in [1.54, 1.807) is 12.1 Å². The molecule has 6 heteroatoms. The van der Waals surface area contributed by atoms with Crippen molar-refractivity contribution in [2.75, 3.05) is 6.61 Å². The summed E-state index contributed by atoms with van der Waals surface area (Å²) in [6.07, 6.45) is 1.34. The predicted octanol–water partition coefficient (Wildman–Crippen LogP) is 2.99. The lowest BCUT2D eigenvalue weighted by atomic mass is 10.3. The molecule has 19 heavy (non-hydrogen) atoms. The van der Waals surface area contributed by atoms with Crippen molar-refractivity contribution in [3.8, 4) is 5.75 Å². The van der Waals surface area contributed by atoms with Crippen LogP contribution in [0.15, 0.2) is 29.6 Å². The Bertz CT molecular complexity index is 571. The van der Waals surface area contributed by atoms with Gasteiger partial charge in [-0.1, -0.05) is 6.07 Å². The van der Waals surface area contributed by atoms with Crippen molar-refractivity contribution in [3.63, 3.8) is 0 Å². The quantitative estimate of drug-likeness (QED) is 0.827. The van der Waals surface area contributed by atoms with Gasteiger partial charge in [0.05, 0.1) is 11.6 Å². The number of thiazole rings is 1. The molecular formula is C13H12FNO3S. The third kappa shape index (κ3) is 4.03. The molecule has 2 rings (SSSR count). The Kier molecular flexibility index (Phi) is 4.46. The van der Waals surface area contributed by atoms with E-state index in [0.29, 0.717) is 25.2 Å². The molecule has 2 aromatic rings. The molecule has 0 saturated carbocycles. The molecule has 0 radical (unpaired) electrons. The first-order valence-electron chi connectivity index (χ1n) is 5.71. The SMILES string of the molecule is O=C(O)c1csc(CCCOc2cccc(F)c2)n1. The first kappa shape index (κ1) is 13.5. The van der Waals surface area contributed by atoms with E-state index in [0.717, 1.165) is 5.01 Å². The number of benzene rings is 1. The maximum atomic E-state index is 12.9. The van der Waals surface area contributed by atoms with Crippen LogP contribution in [0.4, 0.5) is 4.39 Å². The number of rotatable bonds is 6. The van der Waals surface area contributed by atoms with Crippen LogP contribution in [0.2, 0.25) is 0 Å². The number of carboxylic acid groups (broad SMARTS) is 1. The van der Waals surface area contributed by atoms with Crippen molar-refractivity contribution in [1.82, 2.24) is 4.98 Å². The molecule has 1 N–H and O–H groups in total. The molecule has 0 saturated heterocycles. The zero-order chi connectivity index (χ0) is 13.7. The Labute approximate surface area is 113 Å². The number of aromatic carboxylic acids is 1. The van der Waals surface area contributed by atoms with E-state index in [2.05, 4.69) is 4.98 Å². The first-order chi connectivity index (χ1) is 9.15. The lowest BCUT2D eigenvalue weighted by Gasteiger charge is -2.04. The Morgan fingerprint density at radius 1 is 1.47 bits per heavy atom. The van der Waals surface area contributed by atoms with Crippen molar-refractivity contribution in [3.05, 3.63) is 46.2 Å². The fourth-order valence-corrected chi connectivity index (χ4v) is 2.31. The average molecular weight is 281 g/mol.